The van der Waals surface area contributed by atoms with Crippen LogP contribution in [-0.4, -0.2) is 48.2 Å². The molecule has 0 bridgehead atoms. The molecule has 1 aromatic heterocycles. The average molecular weight is 450 g/mol. The molecule has 9 heteroatoms. The van der Waals surface area contributed by atoms with Crippen molar-refractivity contribution in [3.63, 3.8) is 0 Å². The van der Waals surface area contributed by atoms with Gasteiger partial charge < -0.3 is 20.1 Å². The number of ether oxygens (including phenoxy) is 2. The number of hydrogen-bond acceptors (Lipinski definition) is 7. The van der Waals surface area contributed by atoms with Crippen LogP contribution in [0.15, 0.2) is 47.3 Å². The van der Waals surface area contributed by atoms with Crippen LogP contribution in [0.1, 0.15) is 30.1 Å². The van der Waals surface area contributed by atoms with Crippen molar-refractivity contribution in [2.24, 2.45) is 11.7 Å². The molecule has 33 heavy (non-hydrogen) atoms. The zero-order valence-corrected chi connectivity index (χ0v) is 18.6. The topological polar surface area (TPSA) is 117 Å². The Hall–Kier alpha value is -3.88. The highest BCUT2D eigenvalue weighted by Gasteiger charge is 2.27. The summed E-state index contributed by atoms with van der Waals surface area (Å²) in [7, 11) is 1.30. The van der Waals surface area contributed by atoms with E-state index < -0.39 is 5.97 Å². The van der Waals surface area contributed by atoms with E-state index in [0.29, 0.717) is 66.4 Å². The van der Waals surface area contributed by atoms with E-state index in [0.717, 1.165) is 0 Å². The van der Waals surface area contributed by atoms with E-state index in [1.165, 1.54) is 7.11 Å². The minimum atomic E-state index is -0.502. The molecular formula is C24H26N4O5. The second-order valence-corrected chi connectivity index (χ2v) is 7.87. The fourth-order valence-electron chi connectivity index (χ4n) is 4.09. The Morgan fingerprint density at radius 3 is 2.42 bits per heavy atom. The second kappa shape index (κ2) is 9.32. The zero-order chi connectivity index (χ0) is 23.5. The van der Waals surface area contributed by atoms with Gasteiger partial charge in [-0.2, -0.15) is 0 Å². The van der Waals surface area contributed by atoms with Crippen LogP contribution in [0.25, 0.3) is 16.6 Å². The molecule has 2 aromatic carbocycles. The van der Waals surface area contributed by atoms with Gasteiger partial charge in [-0.25, -0.2) is 14.3 Å². The molecule has 0 aliphatic carbocycles. The third kappa shape index (κ3) is 4.39. The quantitative estimate of drug-likeness (QED) is 0.573. The number of methoxy groups -OCH3 is 1. The summed E-state index contributed by atoms with van der Waals surface area (Å²) >= 11 is 0. The minimum absolute atomic E-state index is 0.196. The summed E-state index contributed by atoms with van der Waals surface area (Å²) in [5, 5.41) is 0.382. The lowest BCUT2D eigenvalue weighted by atomic mass is 9.96. The molecule has 1 aliphatic rings. The van der Waals surface area contributed by atoms with Gasteiger partial charge in [-0.15, -0.1) is 0 Å². The molecule has 9 nitrogen and oxygen atoms in total. The van der Waals surface area contributed by atoms with Gasteiger partial charge in [0.1, 0.15) is 5.75 Å². The molecule has 2 N–H and O–H groups in total. The van der Waals surface area contributed by atoms with Gasteiger partial charge in [0.25, 0.3) is 5.56 Å². The maximum Gasteiger partial charge on any atom is 0.337 e. The first-order valence-electron chi connectivity index (χ1n) is 10.9. The molecule has 1 aliphatic heterocycles. The average Bonchev–Trinajstić information content (AvgIpc) is 2.84. The molecule has 2 heterocycles. The van der Waals surface area contributed by atoms with Crippen LogP contribution >= 0.6 is 0 Å². The van der Waals surface area contributed by atoms with Crippen molar-refractivity contribution in [1.82, 2.24) is 9.55 Å². The molecule has 0 unspecified atom stereocenters. The highest BCUT2D eigenvalue weighted by atomic mass is 16.5. The lowest BCUT2D eigenvalue weighted by Gasteiger charge is -2.32. The van der Waals surface area contributed by atoms with Crippen molar-refractivity contribution in [2.75, 3.05) is 31.7 Å². The summed E-state index contributed by atoms with van der Waals surface area (Å²) in [6.07, 6.45) is 1.16. The third-order valence-corrected chi connectivity index (χ3v) is 5.86. The van der Waals surface area contributed by atoms with Gasteiger partial charge in [0, 0.05) is 19.0 Å². The number of primary amides is 1. The first-order valence-corrected chi connectivity index (χ1v) is 10.9. The molecule has 0 spiro atoms. The van der Waals surface area contributed by atoms with E-state index in [1.54, 1.807) is 34.9 Å². The second-order valence-electron chi connectivity index (χ2n) is 7.87. The van der Waals surface area contributed by atoms with Crippen LogP contribution in [0.3, 0.4) is 0 Å². The van der Waals surface area contributed by atoms with Gasteiger partial charge in [-0.1, -0.05) is 0 Å². The number of amides is 1. The van der Waals surface area contributed by atoms with Gasteiger partial charge in [0.05, 0.1) is 35.9 Å². The molecular weight excluding hydrogens is 424 g/mol. The SMILES string of the molecule is CCOc1ccc(-n2c(N3CCC(C(N)=O)CC3)nc3cc(C(=O)OC)ccc3c2=O)cc1. The first-order chi connectivity index (χ1) is 15.9. The predicted molar refractivity (Wildman–Crippen MR) is 124 cm³/mol. The Morgan fingerprint density at radius 1 is 1.12 bits per heavy atom. The van der Waals surface area contributed by atoms with E-state index in [4.69, 9.17) is 20.2 Å². The number of nitrogens with zero attached hydrogens (tertiary/aromatic N) is 3. The standard InChI is InChI=1S/C24H26N4O5/c1-3-33-18-7-5-17(6-8-18)28-22(30)19-9-4-16(23(31)32-2)14-20(19)26-24(28)27-12-10-15(11-13-27)21(25)29/h4-9,14-15H,3,10-13H2,1-2H3,(H2,25,29). The van der Waals surface area contributed by atoms with Crippen LogP contribution in [0, 0.1) is 5.92 Å². The smallest absolute Gasteiger partial charge is 0.337 e. The van der Waals surface area contributed by atoms with Gasteiger partial charge in [-0.05, 0) is 62.2 Å². The molecule has 0 saturated carbocycles. The molecule has 1 saturated heterocycles. The third-order valence-electron chi connectivity index (χ3n) is 5.86. The largest absolute Gasteiger partial charge is 0.494 e. The summed E-state index contributed by atoms with van der Waals surface area (Å²) in [6.45, 7) is 3.50. The number of anilines is 1. The summed E-state index contributed by atoms with van der Waals surface area (Å²) in [4.78, 5) is 44.0. The number of rotatable bonds is 6. The summed E-state index contributed by atoms with van der Waals surface area (Å²) in [5.41, 5.74) is 6.58. The van der Waals surface area contributed by atoms with Crippen LogP contribution < -0.4 is 20.9 Å². The molecule has 0 radical (unpaired) electrons. The van der Waals surface area contributed by atoms with Crippen molar-refractivity contribution in [1.29, 1.82) is 0 Å². The maximum atomic E-state index is 13.6. The molecule has 1 fully saturated rings. The minimum Gasteiger partial charge on any atom is -0.494 e. The molecule has 1 amide bonds. The normalized spacial score (nSPS) is 14.3. The van der Waals surface area contributed by atoms with E-state index in [1.807, 2.05) is 24.0 Å². The number of benzene rings is 2. The van der Waals surface area contributed by atoms with Gasteiger partial charge in [-0.3, -0.25) is 9.59 Å². The first kappa shape index (κ1) is 22.3. The Bertz CT molecular complexity index is 1240. The fourth-order valence-corrected chi connectivity index (χ4v) is 4.09. The van der Waals surface area contributed by atoms with E-state index in [2.05, 4.69) is 0 Å². The fraction of sp³-hybridized carbons (Fsp3) is 0.333. The van der Waals surface area contributed by atoms with Crippen molar-refractivity contribution >= 4 is 28.7 Å². The summed E-state index contributed by atoms with van der Waals surface area (Å²) < 4.78 is 11.9. The Kier molecular flexibility index (Phi) is 6.30. The predicted octanol–water partition coefficient (Wildman–Crippen LogP) is 2.27. The lowest BCUT2D eigenvalue weighted by Crippen LogP contribution is -2.41. The van der Waals surface area contributed by atoms with Crippen LogP contribution in [-0.2, 0) is 9.53 Å². The number of piperidine rings is 1. The van der Waals surface area contributed by atoms with Crippen molar-refractivity contribution in [3.05, 3.63) is 58.4 Å². The number of esters is 1. The lowest BCUT2D eigenvalue weighted by molar-refractivity contribution is -0.122. The number of nitrogens with two attached hydrogens (primary N) is 1. The van der Waals surface area contributed by atoms with Crippen molar-refractivity contribution in [2.45, 2.75) is 19.8 Å². The Balaban J connectivity index is 1.85. The molecule has 4 rings (SSSR count). The summed E-state index contributed by atoms with van der Waals surface area (Å²) in [5.74, 6) is 0.139. The Labute approximate surface area is 190 Å². The number of aromatic nitrogens is 2. The van der Waals surface area contributed by atoms with Gasteiger partial charge in [0.2, 0.25) is 11.9 Å². The van der Waals surface area contributed by atoms with Crippen LogP contribution in [0.5, 0.6) is 5.75 Å². The molecule has 3 aromatic rings. The Morgan fingerprint density at radius 2 is 1.82 bits per heavy atom. The highest BCUT2D eigenvalue weighted by molar-refractivity contribution is 5.94. The number of fused-ring (bicyclic) bond motifs is 1. The van der Waals surface area contributed by atoms with E-state index in [-0.39, 0.29) is 17.4 Å². The summed E-state index contributed by atoms with van der Waals surface area (Å²) in [6, 6.07) is 11.9. The van der Waals surface area contributed by atoms with E-state index in [9.17, 15) is 14.4 Å². The number of carbonyl (C=O) groups is 2. The highest BCUT2D eigenvalue weighted by Crippen LogP contribution is 2.26. The molecule has 172 valence electrons. The number of carbonyl (C=O) groups excluding carboxylic acids is 2. The number of hydrogen-bond donors (Lipinski definition) is 1. The van der Waals surface area contributed by atoms with Gasteiger partial charge in [0.15, 0.2) is 0 Å². The van der Waals surface area contributed by atoms with E-state index >= 15 is 0 Å². The van der Waals surface area contributed by atoms with Crippen LogP contribution in [0.4, 0.5) is 5.95 Å². The van der Waals surface area contributed by atoms with Gasteiger partial charge >= 0.3 is 5.97 Å². The van der Waals surface area contributed by atoms with Crippen molar-refractivity contribution < 1.29 is 19.1 Å². The molecule has 0 atom stereocenters. The van der Waals surface area contributed by atoms with Crippen molar-refractivity contribution in [3.8, 4) is 11.4 Å². The maximum absolute atomic E-state index is 13.6. The zero-order valence-electron chi connectivity index (χ0n) is 18.6. The van der Waals surface area contributed by atoms with Crippen LogP contribution in [0.2, 0.25) is 0 Å². The monoisotopic (exact) mass is 450 g/mol.